The molecule has 3 atom stereocenters. The monoisotopic (exact) mass is 266 g/mol. The second-order valence-electron chi connectivity index (χ2n) is 4.13. The number of aliphatic hydroxyl groups is 2. The molecule has 2 fully saturated rings. The normalized spacial score (nSPS) is 35.8. The highest BCUT2D eigenvalue weighted by molar-refractivity contribution is 5.96. The number of carbonyl (C=O) groups excluding carboxylic acids is 2. The first kappa shape index (κ1) is 13.1. The Morgan fingerprint density at radius 2 is 2.17 bits per heavy atom. The summed E-state index contributed by atoms with van der Waals surface area (Å²) in [6.45, 7) is -1.02. The molecule has 2 heterocycles. The topological polar surface area (TPSA) is 99.1 Å². The maximum Gasteiger partial charge on any atom is 0.326 e. The number of imide groups is 1. The number of amides is 3. The Kier molecular flexibility index (Phi) is 3.21. The number of rotatable bonds is 2. The Bertz CT molecular complexity index is 378. The number of hydrogen-bond donors (Lipinski definition) is 3. The highest BCUT2D eigenvalue weighted by Crippen LogP contribution is 2.38. The Hall–Kier alpha value is -1.32. The fraction of sp³-hybridized carbons (Fsp3) is 0.778. The van der Waals surface area contributed by atoms with Gasteiger partial charge in [0.1, 0.15) is 6.10 Å². The molecule has 0 radical (unpaired) electrons. The predicted molar refractivity (Wildman–Crippen MR) is 51.6 cm³/mol. The number of hydrogen-bond acceptors (Lipinski definition) is 5. The third-order valence-corrected chi connectivity index (χ3v) is 2.93. The van der Waals surface area contributed by atoms with Gasteiger partial charge in [0, 0.05) is 13.0 Å². The highest BCUT2D eigenvalue weighted by atomic mass is 19.3. The Labute approximate surface area is 100 Å². The van der Waals surface area contributed by atoms with Crippen molar-refractivity contribution in [2.45, 2.75) is 30.8 Å². The van der Waals surface area contributed by atoms with E-state index in [0.717, 1.165) is 0 Å². The van der Waals surface area contributed by atoms with Crippen molar-refractivity contribution in [3.63, 3.8) is 0 Å². The third-order valence-electron chi connectivity index (χ3n) is 2.93. The second kappa shape index (κ2) is 4.41. The van der Waals surface area contributed by atoms with E-state index in [1.807, 2.05) is 5.32 Å². The van der Waals surface area contributed by atoms with Gasteiger partial charge in [0.2, 0.25) is 12.1 Å². The molecule has 7 nitrogen and oxygen atoms in total. The summed E-state index contributed by atoms with van der Waals surface area (Å²) in [5.74, 6) is -4.26. The zero-order valence-electron chi connectivity index (χ0n) is 9.18. The fourth-order valence-electron chi connectivity index (χ4n) is 1.95. The summed E-state index contributed by atoms with van der Waals surface area (Å²) < 4.78 is 32.2. The van der Waals surface area contributed by atoms with Crippen LogP contribution in [0.4, 0.5) is 13.6 Å². The van der Waals surface area contributed by atoms with Crippen molar-refractivity contribution in [3.8, 4) is 0 Å². The molecule has 3 amide bonds. The van der Waals surface area contributed by atoms with Crippen LogP contribution in [0.25, 0.3) is 0 Å². The molecule has 18 heavy (non-hydrogen) atoms. The lowest BCUT2D eigenvalue weighted by atomic mass is 10.1. The van der Waals surface area contributed by atoms with Gasteiger partial charge in [-0.05, 0) is 0 Å². The van der Waals surface area contributed by atoms with E-state index in [1.165, 1.54) is 0 Å². The molecule has 0 aromatic rings. The van der Waals surface area contributed by atoms with Gasteiger partial charge < -0.3 is 14.9 Å². The van der Waals surface area contributed by atoms with Gasteiger partial charge in [0.25, 0.3) is 0 Å². The van der Waals surface area contributed by atoms with Gasteiger partial charge >= 0.3 is 12.0 Å². The van der Waals surface area contributed by atoms with E-state index >= 15 is 0 Å². The molecule has 2 aliphatic heterocycles. The van der Waals surface area contributed by atoms with Crippen molar-refractivity contribution in [2.24, 2.45) is 0 Å². The number of nitrogens with zero attached hydrogens (tertiary/aromatic N) is 1. The van der Waals surface area contributed by atoms with Crippen LogP contribution in [-0.4, -0.2) is 64.6 Å². The van der Waals surface area contributed by atoms with E-state index in [4.69, 9.17) is 9.84 Å². The quantitative estimate of drug-likeness (QED) is 0.573. The highest BCUT2D eigenvalue weighted by Gasteiger charge is 2.61. The summed E-state index contributed by atoms with van der Waals surface area (Å²) in [7, 11) is 0. The van der Waals surface area contributed by atoms with Gasteiger partial charge in [-0.15, -0.1) is 0 Å². The van der Waals surface area contributed by atoms with Gasteiger partial charge in [-0.1, -0.05) is 0 Å². The maximum atomic E-state index is 13.7. The molecule has 2 rings (SSSR count). The van der Waals surface area contributed by atoms with Crippen LogP contribution < -0.4 is 5.32 Å². The van der Waals surface area contributed by atoms with E-state index in [-0.39, 0.29) is 13.0 Å². The van der Waals surface area contributed by atoms with E-state index < -0.39 is 42.9 Å². The Balaban J connectivity index is 2.18. The summed E-state index contributed by atoms with van der Waals surface area (Å²) in [5.41, 5.74) is 0. The summed E-state index contributed by atoms with van der Waals surface area (Å²) in [4.78, 5) is 23.0. The molecule has 0 spiro atoms. The molecule has 0 bridgehead atoms. The molecule has 2 saturated heterocycles. The number of ether oxygens (including phenoxy) is 1. The van der Waals surface area contributed by atoms with Gasteiger partial charge in [-0.3, -0.25) is 15.0 Å². The Morgan fingerprint density at radius 3 is 2.67 bits per heavy atom. The molecule has 0 aromatic carbocycles. The fourth-order valence-corrected chi connectivity index (χ4v) is 1.95. The zero-order valence-corrected chi connectivity index (χ0v) is 9.18. The van der Waals surface area contributed by atoms with Crippen molar-refractivity contribution in [1.29, 1.82) is 0 Å². The standard InChI is InChI=1S/C9H12F2N2O5/c10-9(11)6(16)4(3-14)18-7(9)13-2-1-5(15)12-8(13)17/h4,6-7,14,16H,1-3H2,(H,12,15,17)/t4-,6-,7-/m1/s1. The van der Waals surface area contributed by atoms with Crippen molar-refractivity contribution >= 4 is 11.9 Å². The van der Waals surface area contributed by atoms with Crippen LogP contribution in [0.3, 0.4) is 0 Å². The SMILES string of the molecule is O=C1CCN([C@@H]2O[C@H](CO)[C@@H](O)C2(F)F)C(=O)N1. The number of urea groups is 1. The smallest absolute Gasteiger partial charge is 0.326 e. The van der Waals surface area contributed by atoms with Crippen LogP contribution in [0.15, 0.2) is 0 Å². The van der Waals surface area contributed by atoms with Gasteiger partial charge in [0.05, 0.1) is 6.61 Å². The van der Waals surface area contributed by atoms with Crippen molar-refractivity contribution < 1.29 is 33.3 Å². The van der Waals surface area contributed by atoms with E-state index in [1.54, 1.807) is 0 Å². The lowest BCUT2D eigenvalue weighted by molar-refractivity contribution is -0.158. The Morgan fingerprint density at radius 1 is 1.50 bits per heavy atom. The molecule has 102 valence electrons. The number of aliphatic hydroxyl groups excluding tert-OH is 2. The average Bonchev–Trinajstić information content (AvgIpc) is 2.52. The summed E-state index contributed by atoms with van der Waals surface area (Å²) in [6.07, 6.45) is -5.77. The molecule has 9 heteroatoms. The molecule has 2 aliphatic rings. The van der Waals surface area contributed by atoms with Crippen LogP contribution in [0.1, 0.15) is 6.42 Å². The van der Waals surface area contributed by atoms with E-state index in [0.29, 0.717) is 4.90 Å². The maximum absolute atomic E-state index is 13.7. The van der Waals surface area contributed by atoms with E-state index in [9.17, 15) is 23.5 Å². The summed E-state index contributed by atoms with van der Waals surface area (Å²) >= 11 is 0. The summed E-state index contributed by atoms with van der Waals surface area (Å²) in [6, 6.07) is -0.998. The first-order chi connectivity index (χ1) is 8.37. The molecule has 3 N–H and O–H groups in total. The van der Waals surface area contributed by atoms with Crippen LogP contribution in [0.5, 0.6) is 0 Å². The van der Waals surface area contributed by atoms with Crippen LogP contribution in [-0.2, 0) is 9.53 Å². The van der Waals surface area contributed by atoms with E-state index in [2.05, 4.69) is 0 Å². The average molecular weight is 266 g/mol. The molecule has 0 aromatic heterocycles. The van der Waals surface area contributed by atoms with Gasteiger partial charge in [-0.2, -0.15) is 8.78 Å². The second-order valence-corrected chi connectivity index (χ2v) is 4.13. The minimum atomic E-state index is -3.70. The first-order valence-electron chi connectivity index (χ1n) is 5.30. The van der Waals surface area contributed by atoms with Crippen molar-refractivity contribution in [2.75, 3.05) is 13.2 Å². The lowest BCUT2D eigenvalue weighted by Gasteiger charge is -2.33. The van der Waals surface area contributed by atoms with Crippen LogP contribution >= 0.6 is 0 Å². The number of nitrogens with one attached hydrogen (secondary N) is 1. The zero-order chi connectivity index (χ0) is 13.5. The minimum Gasteiger partial charge on any atom is -0.394 e. The number of alkyl halides is 2. The predicted octanol–water partition coefficient (Wildman–Crippen LogP) is -1.36. The van der Waals surface area contributed by atoms with Gasteiger partial charge in [-0.25, -0.2) is 4.79 Å². The third kappa shape index (κ3) is 1.93. The molecular weight excluding hydrogens is 254 g/mol. The minimum absolute atomic E-state index is 0.123. The lowest BCUT2D eigenvalue weighted by Crippen LogP contribution is -2.58. The molecular formula is C9H12F2N2O5. The molecule has 0 saturated carbocycles. The van der Waals surface area contributed by atoms with Crippen molar-refractivity contribution in [3.05, 3.63) is 0 Å². The number of halogens is 2. The van der Waals surface area contributed by atoms with Crippen LogP contribution in [0, 0.1) is 0 Å². The number of carbonyl (C=O) groups is 2. The van der Waals surface area contributed by atoms with Gasteiger partial charge in [0.15, 0.2) is 6.10 Å². The first-order valence-corrected chi connectivity index (χ1v) is 5.30. The molecule has 0 aliphatic carbocycles. The van der Waals surface area contributed by atoms with Crippen molar-refractivity contribution in [1.82, 2.24) is 10.2 Å². The summed E-state index contributed by atoms with van der Waals surface area (Å²) in [5, 5.41) is 20.0. The van der Waals surface area contributed by atoms with Crippen LogP contribution in [0.2, 0.25) is 0 Å². The largest absolute Gasteiger partial charge is 0.394 e. The molecule has 0 unspecified atom stereocenters.